The van der Waals surface area contributed by atoms with E-state index in [4.69, 9.17) is 0 Å². The molecule has 0 bridgehead atoms. The van der Waals surface area contributed by atoms with Gasteiger partial charge in [0.1, 0.15) is 0 Å². The van der Waals surface area contributed by atoms with E-state index in [1.807, 2.05) is 0 Å². The number of carbonyl (C=O) groups is 1. The molecule has 0 aromatic heterocycles. The highest BCUT2D eigenvalue weighted by molar-refractivity contribution is 5.86. The number of hydrogen-bond donors (Lipinski definition) is 1. The first-order chi connectivity index (χ1) is 3.84. The minimum atomic E-state index is -0.347. The zero-order chi connectivity index (χ0) is 5.98. The lowest BCUT2D eigenvalue weighted by Gasteiger charge is -1.97. The van der Waals surface area contributed by atoms with Gasteiger partial charge in [-0.2, -0.15) is 0 Å². The average Bonchev–Trinajstić information content (AvgIpc) is 2.14. The van der Waals surface area contributed by atoms with Gasteiger partial charge >= 0.3 is 12.4 Å². The summed E-state index contributed by atoms with van der Waals surface area (Å²) in [6.45, 7) is 0.996. The van der Waals surface area contributed by atoms with Crippen LogP contribution in [0.2, 0.25) is 0 Å². The molecule has 1 saturated heterocycles. The summed E-state index contributed by atoms with van der Waals surface area (Å²) >= 11 is 0. The predicted octanol–water partition coefficient (Wildman–Crippen LogP) is -0.921. The van der Waals surface area contributed by atoms with Gasteiger partial charge in [-0.15, -0.1) is 0 Å². The van der Waals surface area contributed by atoms with Crippen LogP contribution in [0.5, 0.6) is 0 Å². The van der Waals surface area contributed by atoms with Crippen LogP contribution in [0.3, 0.4) is 0 Å². The zero-order valence-corrected chi connectivity index (χ0v) is 4.18. The van der Waals surface area contributed by atoms with E-state index in [9.17, 15) is 9.59 Å². The predicted molar refractivity (Wildman–Crippen MR) is 25.8 cm³/mol. The minimum Gasteiger partial charge on any atom is -0.336 e. The Bertz CT molecular complexity index is 123. The first-order valence-electron chi connectivity index (χ1n) is 2.28. The van der Waals surface area contributed by atoms with E-state index >= 15 is 0 Å². The highest BCUT2D eigenvalue weighted by atomic mass is 16.2. The van der Waals surface area contributed by atoms with Crippen LogP contribution in [0.25, 0.3) is 0 Å². The number of urea groups is 1. The third kappa shape index (κ3) is 0.641. The van der Waals surface area contributed by atoms with E-state index in [2.05, 4.69) is 5.32 Å². The molecule has 1 heterocycles. The molecule has 1 aliphatic heterocycles. The summed E-state index contributed by atoms with van der Waals surface area (Å²) in [6.07, 6.45) is 1.48. The summed E-state index contributed by atoms with van der Waals surface area (Å²) in [7, 11) is 0. The Labute approximate surface area is 46.5 Å². The largest absolute Gasteiger partial charge is 0.336 e. The maximum absolute atomic E-state index is 10.4. The van der Waals surface area contributed by atoms with Gasteiger partial charge in [0.05, 0.1) is 0 Å². The lowest BCUT2D eigenvalue weighted by Crippen LogP contribution is -2.26. The van der Waals surface area contributed by atoms with Gasteiger partial charge in [-0.05, 0) is 0 Å². The van der Waals surface area contributed by atoms with Gasteiger partial charge in [-0.3, -0.25) is 9.69 Å². The van der Waals surface area contributed by atoms with Crippen molar-refractivity contribution < 1.29 is 9.59 Å². The van der Waals surface area contributed by atoms with Crippen LogP contribution in [0.1, 0.15) is 0 Å². The highest BCUT2D eigenvalue weighted by Gasteiger charge is 2.18. The van der Waals surface area contributed by atoms with Gasteiger partial charge in [0, 0.05) is 13.1 Å². The Kier molecular flexibility index (Phi) is 1.15. The number of imide groups is 1. The summed E-state index contributed by atoms with van der Waals surface area (Å²) in [6, 6.07) is -0.347. The van der Waals surface area contributed by atoms with E-state index in [1.54, 1.807) is 0 Å². The number of amides is 3. The molecule has 0 aromatic carbocycles. The van der Waals surface area contributed by atoms with Crippen molar-refractivity contribution in [3.63, 3.8) is 0 Å². The number of carbonyl (C=O) groups excluding carboxylic acids is 2. The molecule has 1 rings (SSSR count). The van der Waals surface area contributed by atoms with Gasteiger partial charge in [-0.1, -0.05) is 0 Å². The molecule has 8 heavy (non-hydrogen) atoms. The second kappa shape index (κ2) is 1.81. The third-order valence-corrected chi connectivity index (χ3v) is 0.967. The van der Waals surface area contributed by atoms with Crippen LogP contribution in [-0.4, -0.2) is 30.4 Å². The lowest BCUT2D eigenvalue weighted by atomic mass is 10.7. The van der Waals surface area contributed by atoms with E-state index in [1.165, 1.54) is 6.41 Å². The van der Waals surface area contributed by atoms with E-state index in [-0.39, 0.29) is 6.03 Å². The molecule has 0 aliphatic carbocycles. The summed E-state index contributed by atoms with van der Waals surface area (Å²) in [5, 5.41) is 2.44. The monoisotopic (exact) mass is 113 g/mol. The Morgan fingerprint density at radius 2 is 2.50 bits per heavy atom. The van der Waals surface area contributed by atoms with Crippen molar-refractivity contribution in [1.82, 2.24) is 10.2 Å². The molecule has 43 valence electrons. The van der Waals surface area contributed by atoms with Gasteiger partial charge in [0.2, 0.25) is 0 Å². The molecule has 4 heteroatoms. The number of nitrogens with zero attached hydrogens (tertiary/aromatic N) is 1. The number of hydrogen-bond acceptors (Lipinski definition) is 2. The van der Waals surface area contributed by atoms with Crippen molar-refractivity contribution >= 4 is 12.4 Å². The standard InChI is InChI=1S/C4H5N2O2/c7-3-6-2-1-5-4(6)8/h1-2H2,(H,5,8). The normalized spacial score (nSPS) is 18.5. The Balaban J connectivity index is 2.54. The lowest BCUT2D eigenvalue weighted by molar-refractivity contribution is 0.233. The van der Waals surface area contributed by atoms with Gasteiger partial charge in [0.25, 0.3) is 0 Å². The second-order valence-electron chi connectivity index (χ2n) is 1.47. The van der Waals surface area contributed by atoms with E-state index in [0.717, 1.165) is 4.90 Å². The minimum absolute atomic E-state index is 0.347. The zero-order valence-electron chi connectivity index (χ0n) is 4.18. The van der Waals surface area contributed by atoms with Crippen LogP contribution in [-0.2, 0) is 4.79 Å². The van der Waals surface area contributed by atoms with Gasteiger partial charge in [0.15, 0.2) is 0 Å². The van der Waals surface area contributed by atoms with Crippen LogP contribution in [0, 0.1) is 0 Å². The topological polar surface area (TPSA) is 49.4 Å². The molecular formula is C4H5N2O2. The van der Waals surface area contributed by atoms with Crippen molar-refractivity contribution in [2.75, 3.05) is 13.1 Å². The molecule has 1 N–H and O–H groups in total. The van der Waals surface area contributed by atoms with Crippen LogP contribution < -0.4 is 5.32 Å². The van der Waals surface area contributed by atoms with Gasteiger partial charge < -0.3 is 5.32 Å². The first kappa shape index (κ1) is 5.08. The molecule has 3 amide bonds. The Morgan fingerprint density at radius 3 is 2.75 bits per heavy atom. The van der Waals surface area contributed by atoms with E-state index in [0.29, 0.717) is 13.1 Å². The first-order valence-corrected chi connectivity index (χ1v) is 2.28. The summed E-state index contributed by atoms with van der Waals surface area (Å²) in [5.74, 6) is 0. The number of nitrogens with one attached hydrogen (secondary N) is 1. The van der Waals surface area contributed by atoms with Gasteiger partial charge in [-0.25, -0.2) is 4.79 Å². The van der Waals surface area contributed by atoms with Crippen LogP contribution in [0.4, 0.5) is 4.79 Å². The molecule has 1 radical (unpaired) electrons. The van der Waals surface area contributed by atoms with Crippen molar-refractivity contribution in [2.24, 2.45) is 0 Å². The van der Waals surface area contributed by atoms with Crippen LogP contribution >= 0.6 is 0 Å². The summed E-state index contributed by atoms with van der Waals surface area (Å²) in [4.78, 5) is 21.1. The Hall–Kier alpha value is -1.06. The average molecular weight is 113 g/mol. The van der Waals surface area contributed by atoms with Crippen LogP contribution in [0.15, 0.2) is 0 Å². The molecule has 1 aliphatic rings. The fraction of sp³-hybridized carbons (Fsp3) is 0.500. The molecule has 0 unspecified atom stereocenters. The fourth-order valence-corrected chi connectivity index (χ4v) is 0.559. The van der Waals surface area contributed by atoms with Crippen molar-refractivity contribution in [2.45, 2.75) is 0 Å². The van der Waals surface area contributed by atoms with E-state index < -0.39 is 0 Å². The summed E-state index contributed by atoms with van der Waals surface area (Å²) in [5.41, 5.74) is 0. The summed E-state index contributed by atoms with van der Waals surface area (Å²) < 4.78 is 0. The molecule has 0 atom stereocenters. The molecular weight excluding hydrogens is 108 g/mol. The molecule has 0 aromatic rings. The Morgan fingerprint density at radius 1 is 1.75 bits per heavy atom. The second-order valence-corrected chi connectivity index (χ2v) is 1.47. The van der Waals surface area contributed by atoms with Crippen molar-refractivity contribution in [3.8, 4) is 0 Å². The maximum atomic E-state index is 10.4. The fourth-order valence-electron chi connectivity index (χ4n) is 0.559. The highest BCUT2D eigenvalue weighted by Crippen LogP contribution is 1.89. The molecule has 4 nitrogen and oxygen atoms in total. The smallest absolute Gasteiger partial charge is 0.324 e. The quantitative estimate of drug-likeness (QED) is 0.478. The number of rotatable bonds is 1. The maximum Gasteiger partial charge on any atom is 0.324 e. The third-order valence-electron chi connectivity index (χ3n) is 0.967. The molecule has 0 spiro atoms. The molecule has 1 fully saturated rings. The van der Waals surface area contributed by atoms with Crippen molar-refractivity contribution in [3.05, 3.63) is 0 Å². The van der Waals surface area contributed by atoms with Crippen molar-refractivity contribution in [1.29, 1.82) is 0 Å². The molecule has 0 saturated carbocycles. The SMILES string of the molecule is O=[C]N1CCNC1=O.